The monoisotopic (exact) mass is 434 g/mol. The summed E-state index contributed by atoms with van der Waals surface area (Å²) in [6, 6.07) is 19.4. The largest absolute Gasteiger partial charge is 0.457 e. The molecule has 1 N–H and O–H groups in total. The zero-order valence-corrected chi connectivity index (χ0v) is 16.5. The molecule has 0 unspecified atom stereocenters. The molecule has 3 aromatic rings. The quantitative estimate of drug-likeness (QED) is 0.328. The number of carbonyl (C=O) groups excluding carboxylic acids is 2. The van der Waals surface area contributed by atoms with Gasteiger partial charge in [-0.15, -0.1) is 0 Å². The maximum absolute atomic E-state index is 12.3. The zero-order valence-electron chi connectivity index (χ0n) is 14.9. The first-order chi connectivity index (χ1) is 13.5. The maximum Gasteiger partial charge on any atom is 0.266 e. The summed E-state index contributed by atoms with van der Waals surface area (Å²) in [6.07, 6.45) is 1.39. The summed E-state index contributed by atoms with van der Waals surface area (Å²) in [5.41, 5.74) is 1.92. The summed E-state index contributed by atoms with van der Waals surface area (Å²) in [5, 5.41) is 12.0. The number of benzene rings is 2. The molecule has 0 bridgehead atoms. The Labute approximate surface area is 170 Å². The van der Waals surface area contributed by atoms with Crippen LogP contribution >= 0.6 is 15.9 Å². The van der Waals surface area contributed by atoms with Gasteiger partial charge in [-0.05, 0) is 43.3 Å². The molecule has 0 radical (unpaired) electrons. The lowest BCUT2D eigenvalue weighted by Gasteiger charge is -2.04. The SMILES string of the molecule is CC(=O)c1ccc(-c2ccc(/C=C(/C#N)C(=O)Nc3ccc(Br)cc3)o2)cc1. The van der Waals surface area contributed by atoms with Gasteiger partial charge in [-0.25, -0.2) is 0 Å². The topological polar surface area (TPSA) is 83.1 Å². The summed E-state index contributed by atoms with van der Waals surface area (Å²) >= 11 is 3.33. The zero-order chi connectivity index (χ0) is 20.1. The molecule has 138 valence electrons. The molecule has 0 fully saturated rings. The third-order valence-electron chi connectivity index (χ3n) is 3.96. The van der Waals surface area contributed by atoms with Crippen molar-refractivity contribution in [1.82, 2.24) is 0 Å². The Morgan fingerprint density at radius 2 is 1.71 bits per heavy atom. The van der Waals surface area contributed by atoms with E-state index in [1.807, 2.05) is 6.07 Å². The minimum Gasteiger partial charge on any atom is -0.457 e. The molecule has 6 heteroatoms. The second kappa shape index (κ2) is 8.51. The number of anilines is 1. The summed E-state index contributed by atoms with van der Waals surface area (Å²) in [7, 11) is 0. The highest BCUT2D eigenvalue weighted by Gasteiger charge is 2.12. The lowest BCUT2D eigenvalue weighted by Crippen LogP contribution is -2.13. The van der Waals surface area contributed by atoms with Crippen molar-refractivity contribution in [3.63, 3.8) is 0 Å². The van der Waals surface area contributed by atoms with Crippen LogP contribution in [0.1, 0.15) is 23.0 Å². The van der Waals surface area contributed by atoms with Crippen LogP contribution in [0.5, 0.6) is 0 Å². The van der Waals surface area contributed by atoms with Crippen LogP contribution in [0.15, 0.2) is 75.1 Å². The van der Waals surface area contributed by atoms with Gasteiger partial charge in [0.15, 0.2) is 5.78 Å². The van der Waals surface area contributed by atoms with Gasteiger partial charge < -0.3 is 9.73 Å². The highest BCUT2D eigenvalue weighted by atomic mass is 79.9. The number of amides is 1. The van der Waals surface area contributed by atoms with Crippen molar-refractivity contribution in [3.05, 3.63) is 82.0 Å². The van der Waals surface area contributed by atoms with Gasteiger partial charge in [-0.3, -0.25) is 9.59 Å². The van der Waals surface area contributed by atoms with Crippen molar-refractivity contribution in [2.24, 2.45) is 0 Å². The van der Waals surface area contributed by atoms with E-state index in [0.29, 0.717) is 22.8 Å². The number of furan rings is 1. The predicted octanol–water partition coefficient (Wildman–Crippen LogP) is 5.46. The van der Waals surface area contributed by atoms with Crippen LogP contribution < -0.4 is 5.32 Å². The van der Waals surface area contributed by atoms with Crippen LogP contribution in [0.2, 0.25) is 0 Å². The number of ketones is 1. The van der Waals surface area contributed by atoms with Gasteiger partial charge in [-0.2, -0.15) is 5.26 Å². The van der Waals surface area contributed by atoms with Crippen molar-refractivity contribution < 1.29 is 14.0 Å². The van der Waals surface area contributed by atoms with E-state index in [1.165, 1.54) is 13.0 Å². The van der Waals surface area contributed by atoms with Gasteiger partial charge in [0.05, 0.1) is 0 Å². The average Bonchev–Trinajstić information content (AvgIpc) is 3.16. The Bertz CT molecular complexity index is 1090. The fourth-order valence-corrected chi connectivity index (χ4v) is 2.74. The molecule has 0 spiro atoms. The molecule has 0 atom stereocenters. The summed E-state index contributed by atoms with van der Waals surface area (Å²) in [6.45, 7) is 1.51. The van der Waals surface area contributed by atoms with E-state index in [-0.39, 0.29) is 11.4 Å². The normalized spacial score (nSPS) is 11.0. The molecule has 28 heavy (non-hydrogen) atoms. The van der Waals surface area contributed by atoms with Gasteiger partial charge in [0.1, 0.15) is 23.2 Å². The Kier molecular flexibility index (Phi) is 5.87. The number of carbonyl (C=O) groups is 2. The van der Waals surface area contributed by atoms with E-state index in [4.69, 9.17) is 4.42 Å². The summed E-state index contributed by atoms with van der Waals surface area (Å²) < 4.78 is 6.61. The van der Waals surface area contributed by atoms with Crippen LogP contribution in [0.25, 0.3) is 17.4 Å². The Morgan fingerprint density at radius 3 is 2.32 bits per heavy atom. The summed E-state index contributed by atoms with van der Waals surface area (Å²) in [5.74, 6) is 0.429. The van der Waals surface area contributed by atoms with Crippen molar-refractivity contribution >= 4 is 39.4 Å². The van der Waals surface area contributed by atoms with Gasteiger partial charge in [0.2, 0.25) is 0 Å². The molecule has 1 amide bonds. The number of hydrogen-bond donors (Lipinski definition) is 1. The van der Waals surface area contributed by atoms with E-state index in [1.54, 1.807) is 60.7 Å². The second-order valence-electron chi connectivity index (χ2n) is 5.97. The number of halogens is 1. The van der Waals surface area contributed by atoms with Crippen molar-refractivity contribution in [2.45, 2.75) is 6.92 Å². The van der Waals surface area contributed by atoms with E-state index >= 15 is 0 Å². The predicted molar refractivity (Wildman–Crippen MR) is 111 cm³/mol. The molecule has 3 rings (SSSR count). The lowest BCUT2D eigenvalue weighted by molar-refractivity contribution is -0.112. The Balaban J connectivity index is 1.78. The van der Waals surface area contributed by atoms with E-state index in [2.05, 4.69) is 21.2 Å². The standard InChI is InChI=1S/C22H15BrN2O3/c1-14(26)15-2-4-16(5-3-15)21-11-10-20(28-21)12-17(13-24)22(27)25-19-8-6-18(23)7-9-19/h2-12H,1H3,(H,25,27)/b17-12-. The molecular weight excluding hydrogens is 420 g/mol. The van der Waals surface area contributed by atoms with Crippen molar-refractivity contribution in [1.29, 1.82) is 5.26 Å². The molecule has 5 nitrogen and oxygen atoms in total. The first-order valence-corrected chi connectivity index (χ1v) is 9.15. The molecular formula is C22H15BrN2O3. The molecule has 0 saturated heterocycles. The number of nitriles is 1. The van der Waals surface area contributed by atoms with Crippen LogP contribution in [0.4, 0.5) is 5.69 Å². The number of hydrogen-bond acceptors (Lipinski definition) is 4. The van der Waals surface area contributed by atoms with Gasteiger partial charge in [-0.1, -0.05) is 40.2 Å². The first-order valence-electron chi connectivity index (χ1n) is 8.36. The van der Waals surface area contributed by atoms with E-state index < -0.39 is 5.91 Å². The highest BCUT2D eigenvalue weighted by molar-refractivity contribution is 9.10. The average molecular weight is 435 g/mol. The van der Waals surface area contributed by atoms with Crippen LogP contribution in [-0.4, -0.2) is 11.7 Å². The van der Waals surface area contributed by atoms with Crippen molar-refractivity contribution in [3.8, 4) is 17.4 Å². The highest BCUT2D eigenvalue weighted by Crippen LogP contribution is 2.24. The molecule has 0 aliphatic carbocycles. The number of nitrogens with zero attached hydrogens (tertiary/aromatic N) is 1. The molecule has 0 aliphatic rings. The lowest BCUT2D eigenvalue weighted by atomic mass is 10.1. The van der Waals surface area contributed by atoms with Gasteiger partial charge >= 0.3 is 0 Å². The minimum absolute atomic E-state index is 0.00920. The molecule has 1 aromatic heterocycles. The molecule has 2 aromatic carbocycles. The van der Waals surface area contributed by atoms with Gasteiger partial charge in [0, 0.05) is 27.4 Å². The first kappa shape index (κ1) is 19.3. The minimum atomic E-state index is -0.520. The Hall–Kier alpha value is -3.43. The van der Waals surface area contributed by atoms with Crippen molar-refractivity contribution in [2.75, 3.05) is 5.32 Å². The molecule has 1 heterocycles. The number of Topliss-reactive ketones (excluding diaryl/α,β-unsaturated/α-hetero) is 1. The summed E-state index contributed by atoms with van der Waals surface area (Å²) in [4.78, 5) is 23.7. The van der Waals surface area contributed by atoms with Crippen LogP contribution in [0, 0.1) is 11.3 Å². The van der Waals surface area contributed by atoms with Crippen LogP contribution in [0.3, 0.4) is 0 Å². The van der Waals surface area contributed by atoms with E-state index in [9.17, 15) is 14.9 Å². The molecule has 0 aliphatic heterocycles. The maximum atomic E-state index is 12.3. The third kappa shape index (κ3) is 4.64. The smallest absolute Gasteiger partial charge is 0.266 e. The molecule has 0 saturated carbocycles. The number of nitrogens with one attached hydrogen (secondary N) is 1. The second-order valence-corrected chi connectivity index (χ2v) is 6.88. The fourth-order valence-electron chi connectivity index (χ4n) is 2.48. The van der Waals surface area contributed by atoms with E-state index in [0.717, 1.165) is 10.0 Å². The Morgan fingerprint density at radius 1 is 1.04 bits per heavy atom. The van der Waals surface area contributed by atoms with Crippen LogP contribution in [-0.2, 0) is 4.79 Å². The number of rotatable bonds is 5. The third-order valence-corrected chi connectivity index (χ3v) is 4.49. The fraction of sp³-hybridized carbons (Fsp3) is 0.0455. The van der Waals surface area contributed by atoms with Gasteiger partial charge in [0.25, 0.3) is 5.91 Å².